The van der Waals surface area contributed by atoms with E-state index in [1.807, 2.05) is 13.0 Å². The molecule has 0 saturated carbocycles. The fourth-order valence-corrected chi connectivity index (χ4v) is 2.06. The van der Waals surface area contributed by atoms with Gasteiger partial charge in [0.15, 0.2) is 0 Å². The number of hydrogen-bond acceptors (Lipinski definition) is 3. The van der Waals surface area contributed by atoms with Crippen LogP contribution in [-0.4, -0.2) is 35.8 Å². The van der Waals surface area contributed by atoms with Crippen molar-refractivity contribution in [2.24, 2.45) is 0 Å². The number of halogens is 2. The van der Waals surface area contributed by atoms with Crippen molar-refractivity contribution in [3.63, 3.8) is 0 Å². The van der Waals surface area contributed by atoms with Crippen LogP contribution in [-0.2, 0) is 0 Å². The summed E-state index contributed by atoms with van der Waals surface area (Å²) in [6.07, 6.45) is 0.695. The third-order valence-electron chi connectivity index (χ3n) is 3.16. The Morgan fingerprint density at radius 3 is 2.77 bits per heavy atom. The Hall–Kier alpha value is -2.00. The Bertz CT molecular complexity index is 575. The SMILES string of the molecule is CCCC(CCN(C)C(=O)O)Oc1cc(Cl)c(F)cc1C#N. The topological polar surface area (TPSA) is 73.6 Å². The van der Waals surface area contributed by atoms with Gasteiger partial charge >= 0.3 is 6.09 Å². The van der Waals surface area contributed by atoms with E-state index in [0.29, 0.717) is 19.4 Å². The molecule has 0 aliphatic carbocycles. The van der Waals surface area contributed by atoms with Gasteiger partial charge in [0, 0.05) is 26.1 Å². The van der Waals surface area contributed by atoms with E-state index in [-0.39, 0.29) is 22.4 Å². The van der Waals surface area contributed by atoms with Gasteiger partial charge in [-0.25, -0.2) is 9.18 Å². The molecule has 1 rings (SSSR count). The first-order valence-corrected chi connectivity index (χ1v) is 7.26. The van der Waals surface area contributed by atoms with Crippen LogP contribution in [0.5, 0.6) is 5.75 Å². The van der Waals surface area contributed by atoms with E-state index in [2.05, 4.69) is 0 Å². The molecular weight excluding hydrogens is 311 g/mol. The van der Waals surface area contributed by atoms with E-state index in [9.17, 15) is 9.18 Å². The second-order valence-corrected chi connectivity index (χ2v) is 5.30. The van der Waals surface area contributed by atoms with Gasteiger partial charge in [0.1, 0.15) is 23.7 Å². The fraction of sp³-hybridized carbons (Fsp3) is 0.467. The summed E-state index contributed by atoms with van der Waals surface area (Å²) in [5.41, 5.74) is 0.0644. The van der Waals surface area contributed by atoms with Crippen LogP contribution in [0.3, 0.4) is 0 Å². The minimum Gasteiger partial charge on any atom is -0.489 e. The molecule has 1 atom stereocenters. The van der Waals surface area contributed by atoms with Crippen molar-refractivity contribution in [2.45, 2.75) is 32.3 Å². The Kier molecular flexibility index (Phi) is 6.93. The number of carboxylic acid groups (broad SMARTS) is 1. The van der Waals surface area contributed by atoms with Crippen LogP contribution in [0.4, 0.5) is 9.18 Å². The van der Waals surface area contributed by atoms with Crippen LogP contribution < -0.4 is 4.74 Å². The number of carbonyl (C=O) groups is 1. The molecule has 0 fully saturated rings. The van der Waals surface area contributed by atoms with Gasteiger partial charge in [0.05, 0.1) is 10.6 Å². The molecule has 0 spiro atoms. The number of nitrogens with zero attached hydrogens (tertiary/aromatic N) is 2. The third-order valence-corrected chi connectivity index (χ3v) is 3.45. The highest BCUT2D eigenvalue weighted by Gasteiger charge is 2.17. The van der Waals surface area contributed by atoms with Crippen LogP contribution in [0.25, 0.3) is 0 Å². The van der Waals surface area contributed by atoms with Crippen molar-refractivity contribution in [1.29, 1.82) is 5.26 Å². The molecular formula is C15H18ClFN2O3. The molecule has 0 aliphatic rings. The van der Waals surface area contributed by atoms with Gasteiger partial charge in [-0.3, -0.25) is 0 Å². The van der Waals surface area contributed by atoms with Crippen LogP contribution in [0.15, 0.2) is 12.1 Å². The van der Waals surface area contributed by atoms with Gasteiger partial charge in [-0.05, 0) is 12.5 Å². The maximum Gasteiger partial charge on any atom is 0.407 e. The van der Waals surface area contributed by atoms with Crippen molar-refractivity contribution < 1.29 is 19.0 Å². The quantitative estimate of drug-likeness (QED) is 0.823. The molecule has 1 aromatic rings. The highest BCUT2D eigenvalue weighted by atomic mass is 35.5. The van der Waals surface area contributed by atoms with Crippen molar-refractivity contribution in [3.05, 3.63) is 28.5 Å². The maximum atomic E-state index is 13.4. The lowest BCUT2D eigenvalue weighted by Gasteiger charge is -2.22. The summed E-state index contributed by atoms with van der Waals surface area (Å²) >= 11 is 5.72. The van der Waals surface area contributed by atoms with E-state index in [4.69, 9.17) is 26.7 Å². The van der Waals surface area contributed by atoms with E-state index in [1.165, 1.54) is 13.1 Å². The normalized spacial score (nSPS) is 11.6. The van der Waals surface area contributed by atoms with Gasteiger partial charge in [-0.1, -0.05) is 24.9 Å². The Labute approximate surface area is 133 Å². The summed E-state index contributed by atoms with van der Waals surface area (Å²) in [5, 5.41) is 17.8. The first kappa shape index (κ1) is 18.1. The zero-order valence-electron chi connectivity index (χ0n) is 12.5. The van der Waals surface area contributed by atoms with Gasteiger partial charge in [-0.15, -0.1) is 0 Å². The molecule has 0 saturated heterocycles. The fourth-order valence-electron chi connectivity index (χ4n) is 1.91. The van der Waals surface area contributed by atoms with Crippen LogP contribution in [0.2, 0.25) is 5.02 Å². The predicted molar refractivity (Wildman–Crippen MR) is 80.7 cm³/mol. The van der Waals surface area contributed by atoms with Gasteiger partial charge in [0.25, 0.3) is 0 Å². The van der Waals surface area contributed by atoms with Crippen LogP contribution in [0.1, 0.15) is 31.7 Å². The van der Waals surface area contributed by atoms with Crippen LogP contribution >= 0.6 is 11.6 Å². The minimum absolute atomic E-state index is 0.0644. The third kappa shape index (κ3) is 5.08. The number of amides is 1. The molecule has 1 amide bonds. The number of ether oxygens (including phenoxy) is 1. The molecule has 1 aromatic carbocycles. The molecule has 1 unspecified atom stereocenters. The van der Waals surface area contributed by atoms with E-state index in [1.54, 1.807) is 0 Å². The molecule has 0 radical (unpaired) electrons. The second kappa shape index (κ2) is 8.44. The van der Waals surface area contributed by atoms with E-state index >= 15 is 0 Å². The molecule has 0 heterocycles. The zero-order chi connectivity index (χ0) is 16.7. The number of hydrogen-bond donors (Lipinski definition) is 1. The molecule has 5 nitrogen and oxygen atoms in total. The van der Waals surface area contributed by atoms with E-state index in [0.717, 1.165) is 17.4 Å². The Balaban J connectivity index is 2.85. The lowest BCUT2D eigenvalue weighted by molar-refractivity contribution is 0.136. The maximum absolute atomic E-state index is 13.4. The molecule has 1 N–H and O–H groups in total. The lowest BCUT2D eigenvalue weighted by atomic mass is 10.1. The lowest BCUT2D eigenvalue weighted by Crippen LogP contribution is -2.30. The largest absolute Gasteiger partial charge is 0.489 e. The summed E-state index contributed by atoms with van der Waals surface area (Å²) in [6, 6.07) is 4.17. The number of rotatable bonds is 7. The summed E-state index contributed by atoms with van der Waals surface area (Å²) in [7, 11) is 1.47. The molecule has 0 aliphatic heterocycles. The average molecular weight is 329 g/mol. The minimum atomic E-state index is -1.02. The predicted octanol–water partition coefficient (Wildman–Crippen LogP) is 3.90. The molecule has 0 aromatic heterocycles. The van der Waals surface area contributed by atoms with E-state index < -0.39 is 11.9 Å². The van der Waals surface area contributed by atoms with Crippen molar-refractivity contribution in [2.75, 3.05) is 13.6 Å². The summed E-state index contributed by atoms with van der Waals surface area (Å²) in [4.78, 5) is 12.0. The molecule has 7 heteroatoms. The average Bonchev–Trinajstić information content (AvgIpc) is 2.47. The van der Waals surface area contributed by atoms with Crippen molar-refractivity contribution in [3.8, 4) is 11.8 Å². The van der Waals surface area contributed by atoms with Gasteiger partial charge in [0.2, 0.25) is 0 Å². The van der Waals surface area contributed by atoms with Gasteiger partial charge in [-0.2, -0.15) is 5.26 Å². The molecule has 0 bridgehead atoms. The van der Waals surface area contributed by atoms with Crippen molar-refractivity contribution >= 4 is 17.7 Å². The smallest absolute Gasteiger partial charge is 0.407 e. The van der Waals surface area contributed by atoms with Crippen molar-refractivity contribution in [1.82, 2.24) is 4.90 Å². The summed E-state index contributed by atoms with van der Waals surface area (Å²) in [5.74, 6) is -0.464. The number of nitriles is 1. The monoisotopic (exact) mass is 328 g/mol. The summed E-state index contributed by atoms with van der Waals surface area (Å²) in [6.45, 7) is 2.27. The number of benzene rings is 1. The first-order valence-electron chi connectivity index (χ1n) is 6.88. The Morgan fingerprint density at radius 2 is 2.23 bits per heavy atom. The Morgan fingerprint density at radius 1 is 1.55 bits per heavy atom. The summed E-state index contributed by atoms with van der Waals surface area (Å²) < 4.78 is 19.1. The van der Waals surface area contributed by atoms with Gasteiger partial charge < -0.3 is 14.7 Å². The van der Waals surface area contributed by atoms with Crippen LogP contribution in [0, 0.1) is 17.1 Å². The first-order chi connectivity index (χ1) is 10.4. The standard InChI is InChI=1S/C15H18ClFN2O3/c1-3-4-11(5-6-19(2)15(20)21)22-14-8-12(16)13(17)7-10(14)9-18/h7-8,11H,3-6H2,1-2H3,(H,20,21). The molecule has 22 heavy (non-hydrogen) atoms. The zero-order valence-corrected chi connectivity index (χ0v) is 13.2. The molecule has 120 valence electrons. The highest BCUT2D eigenvalue weighted by molar-refractivity contribution is 6.30. The second-order valence-electron chi connectivity index (χ2n) is 4.90. The highest BCUT2D eigenvalue weighted by Crippen LogP contribution is 2.28.